The van der Waals surface area contributed by atoms with Crippen molar-refractivity contribution in [2.45, 2.75) is 37.5 Å². The highest BCUT2D eigenvalue weighted by molar-refractivity contribution is 6.30. The molecular weight excluding hydrogens is 505 g/mol. The first-order valence-electron chi connectivity index (χ1n) is 11.8. The topological polar surface area (TPSA) is 64.8 Å². The number of nitrogens with zero attached hydrogens (tertiary/aromatic N) is 1. The highest BCUT2D eigenvalue weighted by Gasteiger charge is 2.38. The normalized spacial score (nSPS) is 16.6. The largest absolute Gasteiger partial charge is 0.493 e. The summed E-state index contributed by atoms with van der Waals surface area (Å²) in [4.78, 5) is 14.7. The Labute approximate surface area is 218 Å². The maximum Gasteiger partial charge on any atom is 0.416 e. The van der Waals surface area contributed by atoms with Crippen molar-refractivity contribution in [3.05, 3.63) is 93.5 Å². The Hall–Kier alpha value is -3.23. The van der Waals surface area contributed by atoms with Gasteiger partial charge in [-0.05, 0) is 71.8 Å². The Morgan fingerprint density at radius 1 is 1.08 bits per heavy atom. The molecule has 196 valence electrons. The van der Waals surface area contributed by atoms with E-state index in [0.717, 1.165) is 22.8 Å². The SMILES string of the molecule is COc1cc2c(cc1OC)[C@H](CCc1cc(Cl)ccc1C(F)(F)F)N(C(C(N)=O)c1ccccc1)CC2. The van der Waals surface area contributed by atoms with Crippen LogP contribution >= 0.6 is 11.6 Å². The predicted octanol–water partition coefficient (Wildman–Crippen LogP) is 6.13. The molecule has 0 saturated carbocycles. The van der Waals surface area contributed by atoms with Gasteiger partial charge in [0.25, 0.3) is 0 Å². The van der Waals surface area contributed by atoms with Crippen LogP contribution in [0, 0.1) is 0 Å². The lowest BCUT2D eigenvalue weighted by Crippen LogP contribution is -2.44. The molecule has 1 aliphatic rings. The van der Waals surface area contributed by atoms with E-state index in [-0.39, 0.29) is 17.0 Å². The summed E-state index contributed by atoms with van der Waals surface area (Å²) in [5.41, 5.74) is 7.85. The van der Waals surface area contributed by atoms with Crippen LogP contribution in [0.5, 0.6) is 11.5 Å². The number of ether oxygens (including phenoxy) is 2. The molecule has 2 atom stereocenters. The average Bonchev–Trinajstić information content (AvgIpc) is 2.86. The third-order valence-electron chi connectivity index (χ3n) is 6.82. The van der Waals surface area contributed by atoms with Gasteiger partial charge in [-0.3, -0.25) is 9.69 Å². The zero-order valence-electron chi connectivity index (χ0n) is 20.5. The number of primary amides is 1. The number of aryl methyl sites for hydroxylation is 1. The number of halogens is 4. The van der Waals surface area contributed by atoms with Crippen LogP contribution in [0.25, 0.3) is 0 Å². The Morgan fingerprint density at radius 2 is 1.76 bits per heavy atom. The molecule has 5 nitrogen and oxygen atoms in total. The second-order valence-corrected chi connectivity index (χ2v) is 9.40. The van der Waals surface area contributed by atoms with Gasteiger partial charge in [-0.25, -0.2) is 0 Å². The summed E-state index contributed by atoms with van der Waals surface area (Å²) >= 11 is 6.07. The van der Waals surface area contributed by atoms with Crippen LogP contribution in [0.1, 0.15) is 46.3 Å². The van der Waals surface area contributed by atoms with Crippen molar-refractivity contribution < 1.29 is 27.4 Å². The van der Waals surface area contributed by atoms with E-state index < -0.39 is 29.7 Å². The molecule has 0 aromatic heterocycles. The van der Waals surface area contributed by atoms with E-state index in [1.165, 1.54) is 19.2 Å². The van der Waals surface area contributed by atoms with Gasteiger partial charge in [-0.2, -0.15) is 13.2 Å². The van der Waals surface area contributed by atoms with E-state index >= 15 is 0 Å². The molecular formula is C28H28ClF3N2O3. The molecule has 0 saturated heterocycles. The molecule has 1 unspecified atom stereocenters. The van der Waals surface area contributed by atoms with Crippen LogP contribution in [0.15, 0.2) is 60.7 Å². The lowest BCUT2D eigenvalue weighted by Gasteiger charge is -2.42. The molecule has 3 aromatic rings. The second kappa shape index (κ2) is 11.0. The Balaban J connectivity index is 1.80. The fourth-order valence-corrected chi connectivity index (χ4v) is 5.37. The average molecular weight is 533 g/mol. The fourth-order valence-electron chi connectivity index (χ4n) is 5.17. The molecule has 0 spiro atoms. The van der Waals surface area contributed by atoms with Gasteiger partial charge in [-0.15, -0.1) is 0 Å². The first-order chi connectivity index (χ1) is 17.6. The van der Waals surface area contributed by atoms with Gasteiger partial charge >= 0.3 is 6.18 Å². The minimum absolute atomic E-state index is 0.0879. The standard InChI is InChI=1S/C28H28ClF3N2O3/c1-36-24-15-18-12-13-34(26(27(33)35)17-6-4-3-5-7-17)23(21(18)16-25(24)37-2)11-8-19-14-20(29)9-10-22(19)28(30,31)32/h3-7,9-10,14-16,23,26H,8,11-13H2,1-2H3,(H2,33,35)/t23-,26?/m0/s1. The summed E-state index contributed by atoms with van der Waals surface area (Å²) in [5.74, 6) is 0.540. The summed E-state index contributed by atoms with van der Waals surface area (Å²) in [6, 6.07) is 15.3. The molecule has 1 heterocycles. The summed E-state index contributed by atoms with van der Waals surface area (Å²) in [6.07, 6.45) is -3.53. The van der Waals surface area contributed by atoms with Crippen molar-refractivity contribution in [2.24, 2.45) is 5.73 Å². The lowest BCUT2D eigenvalue weighted by atomic mass is 9.85. The molecule has 2 N–H and O–H groups in total. The van der Waals surface area contributed by atoms with Crippen LogP contribution in [-0.2, 0) is 23.8 Å². The molecule has 0 radical (unpaired) electrons. The maximum atomic E-state index is 13.8. The number of methoxy groups -OCH3 is 2. The number of nitrogens with two attached hydrogens (primary N) is 1. The van der Waals surface area contributed by atoms with E-state index in [4.69, 9.17) is 26.8 Å². The number of benzene rings is 3. The van der Waals surface area contributed by atoms with Crippen LogP contribution in [-0.4, -0.2) is 31.6 Å². The Bertz CT molecular complexity index is 1270. The molecule has 1 aliphatic heterocycles. The van der Waals surface area contributed by atoms with Crippen molar-refractivity contribution in [3.8, 4) is 11.5 Å². The lowest BCUT2D eigenvalue weighted by molar-refractivity contribution is -0.138. The minimum Gasteiger partial charge on any atom is -0.493 e. The summed E-state index contributed by atoms with van der Waals surface area (Å²) in [5, 5.41) is 0.231. The van der Waals surface area contributed by atoms with Gasteiger partial charge in [0.15, 0.2) is 11.5 Å². The highest BCUT2D eigenvalue weighted by Crippen LogP contribution is 2.44. The van der Waals surface area contributed by atoms with Crippen LogP contribution in [0.2, 0.25) is 5.02 Å². The monoisotopic (exact) mass is 532 g/mol. The summed E-state index contributed by atoms with van der Waals surface area (Å²) in [7, 11) is 3.07. The number of alkyl halides is 3. The van der Waals surface area contributed by atoms with E-state index in [1.807, 2.05) is 47.4 Å². The van der Waals surface area contributed by atoms with Gasteiger partial charge in [-0.1, -0.05) is 41.9 Å². The van der Waals surface area contributed by atoms with Crippen LogP contribution in [0.4, 0.5) is 13.2 Å². The van der Waals surface area contributed by atoms with Gasteiger partial charge in [0, 0.05) is 17.6 Å². The number of fused-ring (bicyclic) bond motifs is 1. The van der Waals surface area contributed by atoms with Crippen molar-refractivity contribution in [1.82, 2.24) is 4.90 Å². The van der Waals surface area contributed by atoms with Gasteiger partial charge in [0.05, 0.1) is 19.8 Å². The number of hydrogen-bond acceptors (Lipinski definition) is 4. The van der Waals surface area contributed by atoms with Gasteiger partial charge in [0.2, 0.25) is 5.91 Å². The second-order valence-electron chi connectivity index (χ2n) is 8.96. The Morgan fingerprint density at radius 3 is 2.38 bits per heavy atom. The molecule has 9 heteroatoms. The third kappa shape index (κ3) is 5.70. The van der Waals surface area contributed by atoms with Crippen molar-refractivity contribution >= 4 is 17.5 Å². The van der Waals surface area contributed by atoms with E-state index in [1.54, 1.807) is 7.11 Å². The molecule has 0 aliphatic carbocycles. The number of rotatable bonds is 8. The maximum absolute atomic E-state index is 13.8. The predicted molar refractivity (Wildman–Crippen MR) is 136 cm³/mol. The molecule has 0 bridgehead atoms. The van der Waals surface area contributed by atoms with E-state index in [0.29, 0.717) is 30.9 Å². The molecule has 0 fully saturated rings. The van der Waals surface area contributed by atoms with Crippen molar-refractivity contribution in [1.29, 1.82) is 0 Å². The first kappa shape index (κ1) is 26.8. The van der Waals surface area contributed by atoms with E-state index in [9.17, 15) is 18.0 Å². The highest BCUT2D eigenvalue weighted by atomic mass is 35.5. The van der Waals surface area contributed by atoms with Crippen molar-refractivity contribution in [3.63, 3.8) is 0 Å². The molecule has 37 heavy (non-hydrogen) atoms. The van der Waals surface area contributed by atoms with Crippen LogP contribution < -0.4 is 15.2 Å². The zero-order valence-corrected chi connectivity index (χ0v) is 21.3. The number of amides is 1. The van der Waals surface area contributed by atoms with Gasteiger partial charge in [0.1, 0.15) is 6.04 Å². The summed E-state index contributed by atoms with van der Waals surface area (Å²) in [6.45, 7) is 0.483. The summed E-state index contributed by atoms with van der Waals surface area (Å²) < 4.78 is 52.2. The molecule has 3 aromatic carbocycles. The molecule has 1 amide bonds. The third-order valence-corrected chi connectivity index (χ3v) is 7.06. The van der Waals surface area contributed by atoms with E-state index in [2.05, 4.69) is 0 Å². The first-order valence-corrected chi connectivity index (χ1v) is 12.2. The van der Waals surface area contributed by atoms with Crippen LogP contribution in [0.3, 0.4) is 0 Å². The quantitative estimate of drug-likeness (QED) is 0.379. The fraction of sp³-hybridized carbons (Fsp3) is 0.321. The molecule has 4 rings (SSSR count). The number of carbonyl (C=O) groups excluding carboxylic acids is 1. The Kier molecular flexibility index (Phi) is 7.99. The minimum atomic E-state index is -4.51. The smallest absolute Gasteiger partial charge is 0.416 e. The van der Waals surface area contributed by atoms with Crippen molar-refractivity contribution in [2.75, 3.05) is 20.8 Å². The number of carbonyl (C=O) groups is 1. The van der Waals surface area contributed by atoms with Gasteiger partial charge < -0.3 is 15.2 Å². The zero-order chi connectivity index (χ0) is 26.7. The number of hydrogen-bond donors (Lipinski definition) is 1.